The molecule has 0 saturated heterocycles. The summed E-state index contributed by atoms with van der Waals surface area (Å²) in [5.74, 6) is 0. The maximum absolute atomic E-state index is 9.32. The molecule has 12 heavy (non-hydrogen) atoms. The molecule has 0 amide bonds. The first kappa shape index (κ1) is 8.52. The molecule has 1 N–H and O–H groups in total. The summed E-state index contributed by atoms with van der Waals surface area (Å²) < 4.78 is 0. The van der Waals surface area contributed by atoms with Gasteiger partial charge in [0.1, 0.15) is 6.10 Å². The molecule has 1 rings (SSSR count). The Balaban J connectivity index is 2.65. The summed E-state index contributed by atoms with van der Waals surface area (Å²) in [7, 11) is 0. The van der Waals surface area contributed by atoms with Gasteiger partial charge in [0.15, 0.2) is 0 Å². The number of nitrogens with zero attached hydrogens (tertiary/aromatic N) is 4. The number of rotatable bonds is 3. The number of aromatic nitrogens is 1. The molecule has 62 valence electrons. The van der Waals surface area contributed by atoms with Crippen molar-refractivity contribution in [1.29, 1.82) is 0 Å². The molecule has 1 atom stereocenters. The molecule has 0 saturated carbocycles. The first-order valence-electron chi connectivity index (χ1n) is 3.44. The summed E-state index contributed by atoms with van der Waals surface area (Å²) in [6, 6.07) is 5.20. The normalized spacial score (nSPS) is 11.8. The second kappa shape index (κ2) is 4.33. The molecule has 0 radical (unpaired) electrons. The van der Waals surface area contributed by atoms with Gasteiger partial charge in [0.25, 0.3) is 0 Å². The molecular weight excluding hydrogens is 156 g/mol. The molecule has 0 unspecified atom stereocenters. The fourth-order valence-electron chi connectivity index (χ4n) is 0.780. The van der Waals surface area contributed by atoms with E-state index in [1.54, 1.807) is 24.4 Å². The molecule has 5 heteroatoms. The van der Waals surface area contributed by atoms with Crippen molar-refractivity contribution < 1.29 is 5.11 Å². The first-order chi connectivity index (χ1) is 5.84. The molecule has 1 aromatic rings. The second-order valence-electron chi connectivity index (χ2n) is 2.18. The van der Waals surface area contributed by atoms with Crippen LogP contribution in [0.25, 0.3) is 10.4 Å². The van der Waals surface area contributed by atoms with Crippen molar-refractivity contribution in [3.05, 3.63) is 40.5 Å². The number of hydrogen-bond donors (Lipinski definition) is 1. The number of hydrogen-bond acceptors (Lipinski definition) is 3. The summed E-state index contributed by atoms with van der Waals surface area (Å²) in [6.45, 7) is 0.0213. The molecule has 0 spiro atoms. The van der Waals surface area contributed by atoms with Crippen LogP contribution in [0.4, 0.5) is 0 Å². The Hall–Kier alpha value is -1.58. The summed E-state index contributed by atoms with van der Waals surface area (Å²) in [5.41, 5.74) is 8.51. The molecule has 5 nitrogen and oxygen atoms in total. The minimum atomic E-state index is -0.804. The third-order valence-corrected chi connectivity index (χ3v) is 1.35. The van der Waals surface area contributed by atoms with Gasteiger partial charge >= 0.3 is 0 Å². The van der Waals surface area contributed by atoms with E-state index < -0.39 is 6.10 Å². The van der Waals surface area contributed by atoms with E-state index in [1.807, 2.05) is 0 Å². The van der Waals surface area contributed by atoms with Crippen LogP contribution in [0.5, 0.6) is 0 Å². The van der Waals surface area contributed by atoms with Crippen molar-refractivity contribution in [2.75, 3.05) is 6.54 Å². The monoisotopic (exact) mass is 164 g/mol. The summed E-state index contributed by atoms with van der Waals surface area (Å²) in [6.07, 6.45) is 0.774. The first-order valence-corrected chi connectivity index (χ1v) is 3.44. The van der Waals surface area contributed by atoms with Crippen LogP contribution in [0.3, 0.4) is 0 Å². The van der Waals surface area contributed by atoms with E-state index in [-0.39, 0.29) is 6.54 Å². The predicted molar refractivity (Wildman–Crippen MR) is 43.2 cm³/mol. The lowest BCUT2D eigenvalue weighted by atomic mass is 10.2. The van der Waals surface area contributed by atoms with Gasteiger partial charge in [0, 0.05) is 11.1 Å². The van der Waals surface area contributed by atoms with Crippen LogP contribution in [0.2, 0.25) is 0 Å². The van der Waals surface area contributed by atoms with Crippen molar-refractivity contribution in [3.63, 3.8) is 0 Å². The average molecular weight is 164 g/mol. The number of pyridine rings is 1. The lowest BCUT2D eigenvalue weighted by Crippen LogP contribution is -2.02. The average Bonchev–Trinajstić information content (AvgIpc) is 2.15. The maximum Gasteiger partial charge on any atom is 0.102 e. The van der Waals surface area contributed by atoms with E-state index in [1.165, 1.54) is 0 Å². The van der Waals surface area contributed by atoms with Gasteiger partial charge in [-0.3, -0.25) is 4.98 Å². The van der Waals surface area contributed by atoms with Gasteiger partial charge in [-0.15, -0.1) is 0 Å². The van der Waals surface area contributed by atoms with E-state index in [0.717, 1.165) is 0 Å². The van der Waals surface area contributed by atoms with Crippen molar-refractivity contribution in [2.24, 2.45) is 5.11 Å². The molecule has 0 aliphatic carbocycles. The van der Waals surface area contributed by atoms with Crippen molar-refractivity contribution in [1.82, 2.24) is 4.98 Å². The third kappa shape index (κ3) is 2.23. The van der Waals surface area contributed by atoms with Crippen LogP contribution >= 0.6 is 0 Å². The van der Waals surface area contributed by atoms with Gasteiger partial charge in [-0.05, 0) is 17.7 Å². The van der Waals surface area contributed by atoms with Crippen molar-refractivity contribution in [2.45, 2.75) is 6.10 Å². The highest BCUT2D eigenvalue weighted by Crippen LogP contribution is 2.08. The van der Waals surface area contributed by atoms with Crippen LogP contribution in [-0.4, -0.2) is 16.6 Å². The Bertz CT molecular complexity index is 281. The van der Waals surface area contributed by atoms with Gasteiger partial charge < -0.3 is 5.11 Å². The summed E-state index contributed by atoms with van der Waals surface area (Å²) >= 11 is 0. The number of aliphatic hydroxyl groups is 1. The van der Waals surface area contributed by atoms with E-state index in [0.29, 0.717) is 5.69 Å². The van der Waals surface area contributed by atoms with Gasteiger partial charge in [0.2, 0.25) is 0 Å². The molecule has 0 aromatic carbocycles. The molecule has 1 aromatic heterocycles. The van der Waals surface area contributed by atoms with Gasteiger partial charge in [0.05, 0.1) is 12.2 Å². The zero-order valence-corrected chi connectivity index (χ0v) is 6.33. The lowest BCUT2D eigenvalue weighted by molar-refractivity contribution is 0.182. The zero-order chi connectivity index (χ0) is 8.81. The molecule has 0 bridgehead atoms. The Kier molecular flexibility index (Phi) is 3.07. The third-order valence-electron chi connectivity index (χ3n) is 1.35. The van der Waals surface area contributed by atoms with E-state index >= 15 is 0 Å². The van der Waals surface area contributed by atoms with Crippen LogP contribution in [-0.2, 0) is 0 Å². The van der Waals surface area contributed by atoms with Crippen LogP contribution < -0.4 is 0 Å². The number of azide groups is 1. The Morgan fingerprint density at radius 2 is 2.50 bits per heavy atom. The van der Waals surface area contributed by atoms with Crippen LogP contribution in [0, 0.1) is 0 Å². The molecule has 0 fully saturated rings. The molecule has 0 aliphatic rings. The predicted octanol–water partition coefficient (Wildman–Crippen LogP) is 1.43. The minimum Gasteiger partial charge on any atom is -0.387 e. The summed E-state index contributed by atoms with van der Waals surface area (Å²) in [5, 5.41) is 12.6. The topological polar surface area (TPSA) is 81.9 Å². The van der Waals surface area contributed by atoms with E-state index in [9.17, 15) is 5.11 Å². The van der Waals surface area contributed by atoms with Crippen LogP contribution in [0.15, 0.2) is 29.5 Å². The standard InChI is InChI=1S/C7H8N4O/c8-11-10-5-7(12)6-3-1-2-4-9-6/h1-4,7,12H,5H2/t7-/m1/s1. The second-order valence-corrected chi connectivity index (χ2v) is 2.18. The van der Waals surface area contributed by atoms with Gasteiger partial charge in [-0.25, -0.2) is 0 Å². The number of aliphatic hydroxyl groups excluding tert-OH is 1. The largest absolute Gasteiger partial charge is 0.387 e. The van der Waals surface area contributed by atoms with Gasteiger partial charge in [-0.2, -0.15) is 0 Å². The van der Waals surface area contributed by atoms with Gasteiger partial charge in [-0.1, -0.05) is 11.2 Å². The maximum atomic E-state index is 9.32. The molecule has 0 aliphatic heterocycles. The zero-order valence-electron chi connectivity index (χ0n) is 6.33. The molecule has 1 heterocycles. The smallest absolute Gasteiger partial charge is 0.102 e. The Morgan fingerprint density at radius 3 is 3.08 bits per heavy atom. The fraction of sp³-hybridized carbons (Fsp3) is 0.286. The minimum absolute atomic E-state index is 0.0213. The van der Waals surface area contributed by atoms with Crippen molar-refractivity contribution in [3.8, 4) is 0 Å². The lowest BCUT2D eigenvalue weighted by Gasteiger charge is -2.04. The van der Waals surface area contributed by atoms with E-state index in [2.05, 4.69) is 15.0 Å². The fourth-order valence-corrected chi connectivity index (χ4v) is 0.780. The highest BCUT2D eigenvalue weighted by atomic mass is 16.3. The Labute approximate surface area is 69.3 Å². The van der Waals surface area contributed by atoms with Crippen LogP contribution in [0.1, 0.15) is 11.8 Å². The molecular formula is C7H8N4O. The van der Waals surface area contributed by atoms with Crippen molar-refractivity contribution >= 4 is 0 Å². The Morgan fingerprint density at radius 1 is 1.67 bits per heavy atom. The van der Waals surface area contributed by atoms with E-state index in [4.69, 9.17) is 5.53 Å². The SMILES string of the molecule is [N-]=[N+]=NC[C@@H](O)c1ccccn1. The summed E-state index contributed by atoms with van der Waals surface area (Å²) in [4.78, 5) is 6.44. The quantitative estimate of drug-likeness (QED) is 0.416. The highest BCUT2D eigenvalue weighted by Gasteiger charge is 2.05. The highest BCUT2D eigenvalue weighted by molar-refractivity contribution is 5.06.